The van der Waals surface area contributed by atoms with Crippen molar-refractivity contribution in [3.05, 3.63) is 53.6 Å². The fraction of sp³-hybridized carbons (Fsp3) is 0.188. The van der Waals surface area contributed by atoms with E-state index in [0.29, 0.717) is 17.0 Å². The van der Waals surface area contributed by atoms with Crippen molar-refractivity contribution in [3.63, 3.8) is 0 Å². The minimum atomic E-state index is -3.04. The standard InChI is InChI=1S/C16H15F3N6O2/c1-8(10-6-9(17)2-3-12(10)27-16(18)19)22-13-4-5-25-15(23-13)11(7-21-25)14(20)24-26/h2-8,16,26H,1H3,(H2,20,24)(H,22,23)/t8-/m1/s1. The number of halogens is 3. The molecule has 0 fully saturated rings. The second-order valence-electron chi connectivity index (χ2n) is 5.55. The molecule has 8 nitrogen and oxygen atoms in total. The molecule has 11 heteroatoms. The van der Waals surface area contributed by atoms with E-state index in [0.717, 1.165) is 18.2 Å². The number of anilines is 1. The number of oxime groups is 1. The molecule has 3 rings (SSSR count). The van der Waals surface area contributed by atoms with E-state index < -0.39 is 18.5 Å². The van der Waals surface area contributed by atoms with Crippen molar-refractivity contribution >= 4 is 17.3 Å². The van der Waals surface area contributed by atoms with Crippen LogP contribution in [0.25, 0.3) is 5.65 Å². The first kappa shape index (κ1) is 18.3. The van der Waals surface area contributed by atoms with Crippen molar-refractivity contribution in [2.45, 2.75) is 19.6 Å². The molecule has 0 bridgehead atoms. The zero-order valence-electron chi connectivity index (χ0n) is 14.0. The van der Waals surface area contributed by atoms with Gasteiger partial charge in [0.15, 0.2) is 11.5 Å². The Morgan fingerprint density at radius 3 is 2.85 bits per heavy atom. The summed E-state index contributed by atoms with van der Waals surface area (Å²) in [7, 11) is 0. The van der Waals surface area contributed by atoms with Gasteiger partial charge in [-0.05, 0) is 31.2 Å². The van der Waals surface area contributed by atoms with Gasteiger partial charge in [-0.1, -0.05) is 5.16 Å². The lowest BCUT2D eigenvalue weighted by atomic mass is 10.1. The quantitative estimate of drug-likeness (QED) is 0.263. The largest absolute Gasteiger partial charge is 0.434 e. The monoisotopic (exact) mass is 380 g/mol. The number of nitrogens with two attached hydrogens (primary N) is 1. The molecule has 0 spiro atoms. The molecule has 0 saturated heterocycles. The van der Waals surface area contributed by atoms with E-state index >= 15 is 0 Å². The zero-order valence-corrected chi connectivity index (χ0v) is 14.0. The number of nitrogens with one attached hydrogen (secondary N) is 1. The van der Waals surface area contributed by atoms with Gasteiger partial charge >= 0.3 is 6.61 Å². The Kier molecular flexibility index (Phi) is 5.01. The number of benzene rings is 1. The van der Waals surface area contributed by atoms with Gasteiger partial charge < -0.3 is 21.0 Å². The van der Waals surface area contributed by atoms with Crippen LogP contribution in [0.2, 0.25) is 0 Å². The van der Waals surface area contributed by atoms with Gasteiger partial charge in [0.1, 0.15) is 17.4 Å². The molecule has 2 heterocycles. The van der Waals surface area contributed by atoms with Gasteiger partial charge in [-0.15, -0.1) is 0 Å². The molecule has 0 amide bonds. The van der Waals surface area contributed by atoms with E-state index in [-0.39, 0.29) is 17.1 Å². The molecule has 142 valence electrons. The molecule has 1 atom stereocenters. The fourth-order valence-electron chi connectivity index (χ4n) is 2.54. The van der Waals surface area contributed by atoms with Crippen molar-refractivity contribution < 1.29 is 23.1 Å². The number of aromatic nitrogens is 3. The molecule has 4 N–H and O–H groups in total. The minimum Gasteiger partial charge on any atom is -0.434 e. The molecule has 0 unspecified atom stereocenters. The summed E-state index contributed by atoms with van der Waals surface area (Å²) >= 11 is 0. The van der Waals surface area contributed by atoms with Gasteiger partial charge in [0.2, 0.25) is 0 Å². The van der Waals surface area contributed by atoms with Gasteiger partial charge in [0, 0.05) is 11.8 Å². The third kappa shape index (κ3) is 3.86. The van der Waals surface area contributed by atoms with E-state index in [1.807, 2.05) is 0 Å². The highest BCUT2D eigenvalue weighted by Crippen LogP contribution is 2.29. The predicted octanol–water partition coefficient (Wildman–Crippen LogP) is 2.74. The van der Waals surface area contributed by atoms with Crippen LogP contribution < -0.4 is 15.8 Å². The summed E-state index contributed by atoms with van der Waals surface area (Å²) in [5.41, 5.74) is 6.40. The molecule has 3 aromatic rings. The van der Waals surface area contributed by atoms with Crippen molar-refractivity contribution in [2.24, 2.45) is 10.9 Å². The lowest BCUT2D eigenvalue weighted by Gasteiger charge is -2.18. The third-order valence-corrected chi connectivity index (χ3v) is 3.77. The molecular weight excluding hydrogens is 365 g/mol. The molecular formula is C16H15F3N6O2. The van der Waals surface area contributed by atoms with E-state index in [4.69, 9.17) is 10.9 Å². The SMILES string of the molecule is C[C@@H](Nc1ccn2ncc(/C(N)=N/O)c2n1)c1cc(F)ccc1OC(F)F. The second-order valence-corrected chi connectivity index (χ2v) is 5.55. The van der Waals surface area contributed by atoms with Crippen LogP contribution in [-0.4, -0.2) is 32.3 Å². The van der Waals surface area contributed by atoms with Gasteiger partial charge in [-0.25, -0.2) is 13.9 Å². The molecule has 0 aliphatic rings. The number of hydrogen-bond donors (Lipinski definition) is 3. The van der Waals surface area contributed by atoms with Crippen molar-refractivity contribution in [1.82, 2.24) is 14.6 Å². The molecule has 27 heavy (non-hydrogen) atoms. The summed E-state index contributed by atoms with van der Waals surface area (Å²) < 4.78 is 44.6. The third-order valence-electron chi connectivity index (χ3n) is 3.77. The highest BCUT2D eigenvalue weighted by molar-refractivity contribution is 6.02. The second kappa shape index (κ2) is 7.40. The summed E-state index contributed by atoms with van der Waals surface area (Å²) in [5.74, 6) is -0.557. The Morgan fingerprint density at radius 1 is 1.37 bits per heavy atom. The number of rotatable bonds is 6. The Bertz CT molecular complexity index is 991. The number of ether oxygens (including phenoxy) is 1. The number of hydrogen-bond acceptors (Lipinski definition) is 6. The van der Waals surface area contributed by atoms with Crippen LogP contribution in [0.1, 0.15) is 24.1 Å². The molecule has 1 aromatic carbocycles. The maximum absolute atomic E-state index is 13.6. The number of alkyl halides is 2. The summed E-state index contributed by atoms with van der Waals surface area (Å²) in [4.78, 5) is 4.32. The smallest absolute Gasteiger partial charge is 0.387 e. The topological polar surface area (TPSA) is 110 Å². The van der Waals surface area contributed by atoms with Crippen LogP contribution in [0.3, 0.4) is 0 Å². The lowest BCUT2D eigenvalue weighted by Crippen LogP contribution is -2.14. The number of nitrogens with zero attached hydrogens (tertiary/aromatic N) is 4. The summed E-state index contributed by atoms with van der Waals surface area (Å²) in [6.07, 6.45) is 2.96. The molecule has 2 aromatic heterocycles. The van der Waals surface area contributed by atoms with Gasteiger partial charge in [0.05, 0.1) is 17.8 Å². The predicted molar refractivity (Wildman–Crippen MR) is 90.6 cm³/mol. The van der Waals surface area contributed by atoms with Crippen LogP contribution in [0, 0.1) is 5.82 Å². The average molecular weight is 380 g/mol. The first-order valence-corrected chi connectivity index (χ1v) is 7.72. The Labute approximate surface area is 151 Å². The molecule has 0 radical (unpaired) electrons. The van der Waals surface area contributed by atoms with Crippen LogP contribution in [0.4, 0.5) is 19.0 Å². The van der Waals surface area contributed by atoms with Crippen LogP contribution in [0.5, 0.6) is 5.75 Å². The van der Waals surface area contributed by atoms with E-state index in [2.05, 4.69) is 25.3 Å². The lowest BCUT2D eigenvalue weighted by molar-refractivity contribution is -0.0505. The summed E-state index contributed by atoms with van der Waals surface area (Å²) in [5, 5.41) is 18.8. The fourth-order valence-corrected chi connectivity index (χ4v) is 2.54. The van der Waals surface area contributed by atoms with E-state index in [1.54, 1.807) is 19.2 Å². The minimum absolute atomic E-state index is 0.144. The van der Waals surface area contributed by atoms with Crippen LogP contribution in [0.15, 0.2) is 41.8 Å². The number of amidine groups is 1. The normalized spacial score (nSPS) is 13.1. The Hall–Kier alpha value is -3.50. The first-order valence-electron chi connectivity index (χ1n) is 7.72. The van der Waals surface area contributed by atoms with E-state index in [1.165, 1.54) is 10.7 Å². The van der Waals surface area contributed by atoms with Gasteiger partial charge in [-0.3, -0.25) is 0 Å². The molecule has 0 saturated carbocycles. The van der Waals surface area contributed by atoms with Crippen molar-refractivity contribution in [2.75, 3.05) is 5.32 Å². The van der Waals surface area contributed by atoms with Gasteiger partial charge in [0.25, 0.3) is 0 Å². The van der Waals surface area contributed by atoms with Crippen molar-refractivity contribution in [3.8, 4) is 5.75 Å². The Morgan fingerprint density at radius 2 is 2.15 bits per heavy atom. The van der Waals surface area contributed by atoms with Crippen LogP contribution >= 0.6 is 0 Å². The maximum atomic E-state index is 13.6. The summed E-state index contributed by atoms with van der Waals surface area (Å²) in [6.45, 7) is -1.40. The van der Waals surface area contributed by atoms with Crippen molar-refractivity contribution in [1.29, 1.82) is 0 Å². The molecule has 0 aliphatic heterocycles. The zero-order chi connectivity index (χ0) is 19.6. The first-order chi connectivity index (χ1) is 12.9. The highest BCUT2D eigenvalue weighted by atomic mass is 19.3. The van der Waals surface area contributed by atoms with Gasteiger partial charge in [-0.2, -0.15) is 13.9 Å². The average Bonchev–Trinajstić information content (AvgIpc) is 3.05. The van der Waals surface area contributed by atoms with E-state index in [9.17, 15) is 13.2 Å². The maximum Gasteiger partial charge on any atom is 0.387 e. The molecule has 0 aliphatic carbocycles. The van der Waals surface area contributed by atoms with Crippen LogP contribution in [-0.2, 0) is 0 Å². The summed E-state index contributed by atoms with van der Waals surface area (Å²) in [6, 6.07) is 4.25. The number of fused-ring (bicyclic) bond motifs is 1. The Balaban J connectivity index is 1.92. The highest BCUT2D eigenvalue weighted by Gasteiger charge is 2.17.